The second kappa shape index (κ2) is 10.8. The maximum Gasteiger partial charge on any atom is 0.191 e. The highest BCUT2D eigenvalue weighted by Gasteiger charge is 2.27. The first-order valence-corrected chi connectivity index (χ1v) is 8.06. The van der Waals surface area contributed by atoms with Gasteiger partial charge in [-0.05, 0) is 31.4 Å². The fourth-order valence-corrected chi connectivity index (χ4v) is 2.55. The Hall–Kier alpha value is -0.820. The summed E-state index contributed by atoms with van der Waals surface area (Å²) in [5.41, 5.74) is 1.35. The van der Waals surface area contributed by atoms with E-state index in [-0.39, 0.29) is 24.0 Å². The molecule has 2 N–H and O–H groups in total. The van der Waals surface area contributed by atoms with E-state index in [0.717, 1.165) is 44.6 Å². The minimum atomic E-state index is 0. The topological polar surface area (TPSA) is 39.7 Å². The Morgan fingerprint density at radius 2 is 1.86 bits per heavy atom. The van der Waals surface area contributed by atoms with Crippen molar-refractivity contribution in [3.63, 3.8) is 0 Å². The number of hydrogen-bond acceptors (Lipinski definition) is 2. The van der Waals surface area contributed by atoms with Crippen LogP contribution < -0.4 is 10.6 Å². The third-order valence-electron chi connectivity index (χ3n) is 3.93. The molecule has 0 amide bonds. The van der Waals surface area contributed by atoms with Crippen LogP contribution >= 0.6 is 24.0 Å². The largest absolute Gasteiger partial charge is 0.356 e. The maximum atomic E-state index is 4.28. The summed E-state index contributed by atoms with van der Waals surface area (Å²) in [4.78, 5) is 6.82. The zero-order valence-corrected chi connectivity index (χ0v) is 16.0. The Kier molecular flexibility index (Phi) is 9.47. The lowest BCUT2D eigenvalue weighted by atomic mass is 10.1. The Bertz CT molecular complexity index is 432. The number of rotatable bonds is 8. The minimum Gasteiger partial charge on any atom is -0.356 e. The average molecular weight is 416 g/mol. The summed E-state index contributed by atoms with van der Waals surface area (Å²) in [6.07, 6.45) is 3.76. The van der Waals surface area contributed by atoms with Crippen LogP contribution in [-0.4, -0.2) is 50.1 Å². The van der Waals surface area contributed by atoms with Crippen molar-refractivity contribution in [2.45, 2.75) is 32.2 Å². The lowest BCUT2D eigenvalue weighted by Crippen LogP contribution is -2.42. The highest BCUT2D eigenvalue weighted by atomic mass is 127. The molecule has 1 aliphatic carbocycles. The molecule has 22 heavy (non-hydrogen) atoms. The van der Waals surface area contributed by atoms with E-state index in [0.29, 0.717) is 0 Å². The van der Waals surface area contributed by atoms with Crippen LogP contribution in [0.25, 0.3) is 0 Å². The molecule has 0 radical (unpaired) electrons. The summed E-state index contributed by atoms with van der Waals surface area (Å²) in [7, 11) is 1.83. The lowest BCUT2D eigenvalue weighted by molar-refractivity contribution is 0.282. The van der Waals surface area contributed by atoms with E-state index in [1.54, 1.807) is 0 Å². The first kappa shape index (κ1) is 19.2. The zero-order chi connectivity index (χ0) is 14.9. The van der Waals surface area contributed by atoms with Crippen LogP contribution in [0.15, 0.2) is 35.3 Å². The zero-order valence-electron chi connectivity index (χ0n) is 13.7. The Morgan fingerprint density at radius 3 is 2.45 bits per heavy atom. The predicted molar refractivity (Wildman–Crippen MR) is 105 cm³/mol. The van der Waals surface area contributed by atoms with Crippen LogP contribution in [0.5, 0.6) is 0 Å². The first-order chi connectivity index (χ1) is 10.3. The lowest BCUT2D eigenvalue weighted by Gasteiger charge is -2.20. The molecule has 4 nitrogen and oxygen atoms in total. The summed E-state index contributed by atoms with van der Waals surface area (Å²) < 4.78 is 0. The van der Waals surface area contributed by atoms with E-state index in [1.807, 2.05) is 7.05 Å². The first-order valence-electron chi connectivity index (χ1n) is 8.06. The molecule has 1 aromatic carbocycles. The summed E-state index contributed by atoms with van der Waals surface area (Å²) >= 11 is 0. The van der Waals surface area contributed by atoms with Crippen molar-refractivity contribution in [3.05, 3.63) is 35.9 Å². The highest BCUT2D eigenvalue weighted by Crippen LogP contribution is 2.25. The average Bonchev–Trinajstić information content (AvgIpc) is 3.35. The van der Waals surface area contributed by atoms with Gasteiger partial charge in [0.1, 0.15) is 0 Å². The number of guanidine groups is 1. The van der Waals surface area contributed by atoms with Gasteiger partial charge in [-0.3, -0.25) is 9.89 Å². The van der Waals surface area contributed by atoms with Gasteiger partial charge in [-0.2, -0.15) is 0 Å². The number of hydrogen-bond donors (Lipinski definition) is 2. The Labute approximate surface area is 151 Å². The SMILES string of the molecule is CCN(CCNC(=NC)NCCc1ccccc1)C1CC1.I. The van der Waals surface area contributed by atoms with Gasteiger partial charge in [-0.1, -0.05) is 37.3 Å². The van der Waals surface area contributed by atoms with E-state index in [2.05, 4.69) is 57.8 Å². The molecular formula is C17H29IN4. The van der Waals surface area contributed by atoms with Crippen LogP contribution in [0, 0.1) is 0 Å². The predicted octanol–water partition coefficient (Wildman–Crippen LogP) is 2.50. The molecule has 124 valence electrons. The molecule has 1 aromatic rings. The Balaban J connectivity index is 0.00000242. The number of halogens is 1. The molecule has 1 fully saturated rings. The third kappa shape index (κ3) is 6.96. The highest BCUT2D eigenvalue weighted by molar-refractivity contribution is 14.0. The monoisotopic (exact) mass is 416 g/mol. The quantitative estimate of drug-likeness (QED) is 0.389. The molecule has 0 unspecified atom stereocenters. The van der Waals surface area contributed by atoms with Crippen LogP contribution in [0.3, 0.4) is 0 Å². The second-order valence-electron chi connectivity index (χ2n) is 5.52. The van der Waals surface area contributed by atoms with Gasteiger partial charge in [0.05, 0.1) is 0 Å². The van der Waals surface area contributed by atoms with Gasteiger partial charge in [0, 0.05) is 32.7 Å². The molecule has 5 heteroatoms. The summed E-state index contributed by atoms with van der Waals surface area (Å²) in [5.74, 6) is 0.901. The Morgan fingerprint density at radius 1 is 1.18 bits per heavy atom. The van der Waals surface area contributed by atoms with E-state index in [1.165, 1.54) is 18.4 Å². The van der Waals surface area contributed by atoms with Gasteiger partial charge in [-0.25, -0.2) is 0 Å². The normalized spacial score (nSPS) is 14.6. The summed E-state index contributed by atoms with van der Waals surface area (Å²) in [6, 6.07) is 11.4. The number of benzene rings is 1. The van der Waals surface area contributed by atoms with Crippen molar-refractivity contribution in [1.29, 1.82) is 0 Å². The minimum absolute atomic E-state index is 0. The smallest absolute Gasteiger partial charge is 0.191 e. The molecule has 0 atom stereocenters. The molecule has 0 heterocycles. The molecule has 0 aromatic heterocycles. The van der Waals surface area contributed by atoms with Gasteiger partial charge in [0.2, 0.25) is 0 Å². The van der Waals surface area contributed by atoms with E-state index in [4.69, 9.17) is 0 Å². The fraction of sp³-hybridized carbons (Fsp3) is 0.588. The molecule has 0 saturated heterocycles. The van der Waals surface area contributed by atoms with Crippen molar-refractivity contribution in [3.8, 4) is 0 Å². The maximum absolute atomic E-state index is 4.28. The van der Waals surface area contributed by atoms with E-state index < -0.39 is 0 Å². The van der Waals surface area contributed by atoms with Gasteiger partial charge >= 0.3 is 0 Å². The molecular weight excluding hydrogens is 387 g/mol. The number of nitrogens with zero attached hydrogens (tertiary/aromatic N) is 2. The standard InChI is InChI=1S/C17H28N4.HI/c1-3-21(16-9-10-16)14-13-20-17(18-2)19-12-11-15-7-5-4-6-8-15;/h4-8,16H,3,9-14H2,1-2H3,(H2,18,19,20);1H. The van der Waals surface area contributed by atoms with E-state index >= 15 is 0 Å². The van der Waals surface area contributed by atoms with Crippen LogP contribution in [-0.2, 0) is 6.42 Å². The second-order valence-corrected chi connectivity index (χ2v) is 5.52. The van der Waals surface area contributed by atoms with Crippen molar-refractivity contribution in [2.75, 3.05) is 33.2 Å². The van der Waals surface area contributed by atoms with Gasteiger partial charge < -0.3 is 10.6 Å². The number of likely N-dealkylation sites (N-methyl/N-ethyl adjacent to an activating group) is 1. The third-order valence-corrected chi connectivity index (χ3v) is 3.93. The van der Waals surface area contributed by atoms with Crippen molar-refractivity contribution in [1.82, 2.24) is 15.5 Å². The fourth-order valence-electron chi connectivity index (χ4n) is 2.55. The van der Waals surface area contributed by atoms with Crippen molar-refractivity contribution < 1.29 is 0 Å². The van der Waals surface area contributed by atoms with Gasteiger partial charge in [0.25, 0.3) is 0 Å². The van der Waals surface area contributed by atoms with Gasteiger partial charge in [0.15, 0.2) is 5.96 Å². The van der Waals surface area contributed by atoms with Crippen molar-refractivity contribution in [2.24, 2.45) is 4.99 Å². The van der Waals surface area contributed by atoms with Crippen molar-refractivity contribution >= 4 is 29.9 Å². The molecule has 0 spiro atoms. The van der Waals surface area contributed by atoms with Gasteiger partial charge in [-0.15, -0.1) is 24.0 Å². The number of nitrogens with one attached hydrogen (secondary N) is 2. The number of aliphatic imine (C=N–C) groups is 1. The molecule has 1 aliphatic rings. The van der Waals surface area contributed by atoms with Crippen LogP contribution in [0.2, 0.25) is 0 Å². The summed E-state index contributed by atoms with van der Waals surface area (Å²) in [5, 5.41) is 6.78. The van der Waals surface area contributed by atoms with Crippen LogP contribution in [0.1, 0.15) is 25.3 Å². The summed E-state index contributed by atoms with van der Waals surface area (Å²) in [6.45, 7) is 6.34. The molecule has 2 rings (SSSR count). The van der Waals surface area contributed by atoms with E-state index in [9.17, 15) is 0 Å². The molecule has 0 bridgehead atoms. The molecule has 1 saturated carbocycles. The van der Waals surface area contributed by atoms with Crippen LogP contribution in [0.4, 0.5) is 0 Å². The molecule has 0 aliphatic heterocycles.